The lowest BCUT2D eigenvalue weighted by Crippen LogP contribution is -2.43. The molecule has 0 radical (unpaired) electrons. The second-order valence-electron chi connectivity index (χ2n) is 6.12. The molecule has 0 aliphatic carbocycles. The Morgan fingerprint density at radius 3 is 2.70 bits per heavy atom. The number of halogens is 1. The molecule has 0 spiro atoms. The molecule has 0 aliphatic heterocycles. The highest BCUT2D eigenvalue weighted by Gasteiger charge is 2.21. The van der Waals surface area contributed by atoms with Crippen LogP contribution in [-0.4, -0.2) is 29.3 Å². The first-order valence-electron chi connectivity index (χ1n) is 7.60. The molecule has 1 aromatic heterocycles. The number of aryl methyl sites for hydroxylation is 1. The van der Waals surface area contributed by atoms with Crippen LogP contribution in [0.1, 0.15) is 25.1 Å². The van der Waals surface area contributed by atoms with Gasteiger partial charge >= 0.3 is 0 Å². The highest BCUT2D eigenvalue weighted by Crippen LogP contribution is 2.22. The molecule has 0 bridgehead atoms. The highest BCUT2D eigenvalue weighted by atomic mass is 19.1. The van der Waals surface area contributed by atoms with E-state index in [-0.39, 0.29) is 11.2 Å². The molecule has 0 aliphatic rings. The van der Waals surface area contributed by atoms with Crippen LogP contribution in [0.15, 0.2) is 41.5 Å². The van der Waals surface area contributed by atoms with Gasteiger partial charge in [-0.25, -0.2) is 4.39 Å². The Hall–Kier alpha value is -2.37. The number of hydrogen-bond acceptors (Lipinski definition) is 2. The van der Waals surface area contributed by atoms with Gasteiger partial charge in [-0.3, -0.25) is 9.67 Å². The summed E-state index contributed by atoms with van der Waals surface area (Å²) in [5.74, 6) is 0.491. The van der Waals surface area contributed by atoms with Crippen molar-refractivity contribution in [1.82, 2.24) is 20.4 Å². The van der Waals surface area contributed by atoms with Crippen molar-refractivity contribution in [2.45, 2.75) is 25.8 Å². The minimum absolute atomic E-state index is 0.214. The van der Waals surface area contributed by atoms with Crippen LogP contribution in [0.25, 0.3) is 0 Å². The zero-order chi connectivity index (χ0) is 16.9. The molecule has 0 saturated heterocycles. The fraction of sp³-hybridized carbons (Fsp3) is 0.412. The molecule has 2 rings (SSSR count). The van der Waals surface area contributed by atoms with E-state index in [0.717, 1.165) is 11.3 Å². The Morgan fingerprint density at radius 1 is 1.30 bits per heavy atom. The van der Waals surface area contributed by atoms with Gasteiger partial charge in [-0.05, 0) is 23.8 Å². The van der Waals surface area contributed by atoms with Crippen molar-refractivity contribution in [3.05, 3.63) is 53.6 Å². The average Bonchev–Trinajstić information content (AvgIpc) is 2.93. The summed E-state index contributed by atoms with van der Waals surface area (Å²) in [7, 11) is 3.63. The van der Waals surface area contributed by atoms with E-state index in [1.165, 1.54) is 6.07 Å². The molecule has 2 aromatic rings. The van der Waals surface area contributed by atoms with Crippen molar-refractivity contribution >= 4 is 5.96 Å². The monoisotopic (exact) mass is 317 g/mol. The lowest BCUT2D eigenvalue weighted by Gasteiger charge is -2.26. The van der Waals surface area contributed by atoms with Gasteiger partial charge in [-0.1, -0.05) is 26.0 Å². The minimum Gasteiger partial charge on any atom is -0.356 e. The maximum Gasteiger partial charge on any atom is 0.191 e. The number of nitrogens with one attached hydrogen (secondary N) is 2. The lowest BCUT2D eigenvalue weighted by atomic mass is 9.84. The molecule has 1 heterocycles. The predicted octanol–water partition coefficient (Wildman–Crippen LogP) is 2.20. The second-order valence-corrected chi connectivity index (χ2v) is 6.12. The molecule has 124 valence electrons. The number of nitrogens with zero attached hydrogens (tertiary/aromatic N) is 3. The maximum atomic E-state index is 13.4. The molecule has 5 nitrogen and oxygen atoms in total. The van der Waals surface area contributed by atoms with E-state index >= 15 is 0 Å². The van der Waals surface area contributed by atoms with Crippen LogP contribution in [0.2, 0.25) is 0 Å². The van der Waals surface area contributed by atoms with Crippen LogP contribution in [0.4, 0.5) is 4.39 Å². The smallest absolute Gasteiger partial charge is 0.191 e. The van der Waals surface area contributed by atoms with Gasteiger partial charge in [-0.2, -0.15) is 5.10 Å². The largest absolute Gasteiger partial charge is 0.356 e. The molecule has 0 atom stereocenters. The third-order valence-corrected chi connectivity index (χ3v) is 3.89. The summed E-state index contributed by atoms with van der Waals surface area (Å²) >= 11 is 0. The number of guanidine groups is 1. The normalized spacial score (nSPS) is 12.3. The molecule has 0 unspecified atom stereocenters. The third kappa shape index (κ3) is 4.55. The maximum absolute atomic E-state index is 13.4. The van der Waals surface area contributed by atoms with E-state index in [4.69, 9.17) is 0 Å². The number of rotatable bonds is 5. The van der Waals surface area contributed by atoms with E-state index in [1.54, 1.807) is 25.4 Å². The van der Waals surface area contributed by atoms with Crippen molar-refractivity contribution in [3.8, 4) is 0 Å². The van der Waals surface area contributed by atoms with Crippen molar-refractivity contribution in [3.63, 3.8) is 0 Å². The van der Waals surface area contributed by atoms with Crippen LogP contribution < -0.4 is 10.6 Å². The zero-order valence-corrected chi connectivity index (χ0v) is 14.1. The predicted molar refractivity (Wildman–Crippen MR) is 90.8 cm³/mol. The van der Waals surface area contributed by atoms with Crippen LogP contribution >= 0.6 is 0 Å². The van der Waals surface area contributed by atoms with Gasteiger partial charge in [-0.15, -0.1) is 0 Å². The summed E-state index contributed by atoms with van der Waals surface area (Å²) in [6.07, 6.45) is 1.76. The molecular weight excluding hydrogens is 293 g/mol. The SMILES string of the molecule is CN=C(NCc1ccnn1C)NCC(C)(C)c1cccc(F)c1. The molecule has 0 fully saturated rings. The van der Waals surface area contributed by atoms with Crippen LogP contribution in [0.3, 0.4) is 0 Å². The Labute approximate surface area is 136 Å². The third-order valence-electron chi connectivity index (χ3n) is 3.89. The van der Waals surface area contributed by atoms with E-state index in [2.05, 4.69) is 34.6 Å². The topological polar surface area (TPSA) is 54.2 Å². The molecule has 0 saturated carbocycles. The Balaban J connectivity index is 1.93. The summed E-state index contributed by atoms with van der Waals surface area (Å²) in [4.78, 5) is 4.22. The van der Waals surface area contributed by atoms with Crippen molar-refractivity contribution < 1.29 is 4.39 Å². The zero-order valence-electron chi connectivity index (χ0n) is 14.1. The van der Waals surface area contributed by atoms with E-state index in [0.29, 0.717) is 19.0 Å². The van der Waals surface area contributed by atoms with Crippen molar-refractivity contribution in [2.24, 2.45) is 12.0 Å². The van der Waals surface area contributed by atoms with Gasteiger partial charge in [0.25, 0.3) is 0 Å². The van der Waals surface area contributed by atoms with E-state index in [9.17, 15) is 4.39 Å². The summed E-state index contributed by atoms with van der Waals surface area (Å²) in [5.41, 5.74) is 1.80. The van der Waals surface area contributed by atoms with Crippen LogP contribution in [0.5, 0.6) is 0 Å². The van der Waals surface area contributed by atoms with Gasteiger partial charge in [0.1, 0.15) is 5.82 Å². The first-order valence-corrected chi connectivity index (χ1v) is 7.60. The minimum atomic E-state index is -0.216. The molecule has 0 amide bonds. The van der Waals surface area contributed by atoms with E-state index < -0.39 is 0 Å². The van der Waals surface area contributed by atoms with Gasteiger partial charge in [0.2, 0.25) is 0 Å². The number of hydrogen-bond donors (Lipinski definition) is 2. The van der Waals surface area contributed by atoms with Gasteiger partial charge < -0.3 is 10.6 Å². The standard InChI is InChI=1S/C17H24FN5/c1-17(2,13-6-5-7-14(18)10-13)12-21-16(19-3)20-11-15-8-9-22-23(15)4/h5-10H,11-12H2,1-4H3,(H2,19,20,21). The Kier molecular flexibility index (Phi) is 5.36. The summed E-state index contributed by atoms with van der Waals surface area (Å²) in [5, 5.41) is 10.7. The van der Waals surface area contributed by atoms with E-state index in [1.807, 2.05) is 23.9 Å². The summed E-state index contributed by atoms with van der Waals surface area (Å²) < 4.78 is 15.2. The first-order chi connectivity index (χ1) is 10.9. The van der Waals surface area contributed by atoms with Crippen molar-refractivity contribution in [1.29, 1.82) is 0 Å². The number of aromatic nitrogens is 2. The first kappa shape index (κ1) is 17.0. The Morgan fingerprint density at radius 2 is 2.09 bits per heavy atom. The van der Waals surface area contributed by atoms with Crippen LogP contribution in [0, 0.1) is 5.82 Å². The molecular formula is C17H24FN5. The highest BCUT2D eigenvalue weighted by molar-refractivity contribution is 5.79. The summed E-state index contributed by atoms with van der Waals surface area (Å²) in [6.45, 7) is 5.42. The molecule has 1 aromatic carbocycles. The lowest BCUT2D eigenvalue weighted by molar-refractivity contribution is 0.502. The summed E-state index contributed by atoms with van der Waals surface area (Å²) in [6, 6.07) is 8.67. The quantitative estimate of drug-likeness (QED) is 0.657. The Bertz CT molecular complexity index is 675. The molecule has 6 heteroatoms. The molecule has 23 heavy (non-hydrogen) atoms. The van der Waals surface area contributed by atoms with Gasteiger partial charge in [0, 0.05) is 32.3 Å². The fourth-order valence-electron chi connectivity index (χ4n) is 2.29. The van der Waals surface area contributed by atoms with Gasteiger partial charge in [0.15, 0.2) is 5.96 Å². The average molecular weight is 317 g/mol. The number of aliphatic imine (C=N–C) groups is 1. The van der Waals surface area contributed by atoms with Crippen LogP contribution in [-0.2, 0) is 19.0 Å². The fourth-order valence-corrected chi connectivity index (χ4v) is 2.29. The van der Waals surface area contributed by atoms with Crippen molar-refractivity contribution in [2.75, 3.05) is 13.6 Å². The van der Waals surface area contributed by atoms with Gasteiger partial charge in [0.05, 0.1) is 12.2 Å². The molecule has 2 N–H and O–H groups in total. The number of benzene rings is 1. The second kappa shape index (κ2) is 7.26.